The zero-order chi connectivity index (χ0) is 24.7. The zero-order valence-electron chi connectivity index (χ0n) is 20.9. The van der Waals surface area contributed by atoms with Crippen molar-refractivity contribution in [3.05, 3.63) is 83.9 Å². The average Bonchev–Trinajstić information content (AvgIpc) is 2.93. The molecular weight excluding hydrogens is 450 g/mol. The molecule has 1 fully saturated rings. The molecule has 7 nitrogen and oxygen atoms in total. The summed E-state index contributed by atoms with van der Waals surface area (Å²) in [5, 5.41) is 8.11. The molecule has 0 radical (unpaired) electrons. The Balaban J connectivity index is 1.26. The van der Waals surface area contributed by atoms with E-state index < -0.39 is 0 Å². The number of fused-ring (bicyclic) bond motifs is 1. The van der Waals surface area contributed by atoms with E-state index in [0.717, 1.165) is 60.5 Å². The molecule has 0 bridgehead atoms. The highest BCUT2D eigenvalue weighted by atomic mass is 16.5. The summed E-state index contributed by atoms with van der Waals surface area (Å²) >= 11 is 0. The van der Waals surface area contributed by atoms with Crippen LogP contribution >= 0.6 is 0 Å². The van der Waals surface area contributed by atoms with Gasteiger partial charge in [0, 0.05) is 37.6 Å². The van der Waals surface area contributed by atoms with Gasteiger partial charge in [0.15, 0.2) is 11.5 Å². The molecule has 1 aliphatic heterocycles. The predicted molar refractivity (Wildman–Crippen MR) is 145 cm³/mol. The van der Waals surface area contributed by atoms with Gasteiger partial charge in [0.05, 0.1) is 19.7 Å². The fourth-order valence-corrected chi connectivity index (χ4v) is 4.71. The van der Waals surface area contributed by atoms with Crippen molar-refractivity contribution in [1.29, 1.82) is 0 Å². The lowest BCUT2D eigenvalue weighted by Gasteiger charge is -2.32. The molecule has 186 valence electrons. The highest BCUT2D eigenvalue weighted by Gasteiger charge is 2.20. The van der Waals surface area contributed by atoms with E-state index in [1.807, 2.05) is 36.4 Å². The smallest absolute Gasteiger partial charge is 0.225 e. The molecule has 1 aliphatic rings. The number of anilines is 2. The van der Waals surface area contributed by atoms with Crippen LogP contribution in [0.1, 0.15) is 24.0 Å². The number of aromatic nitrogens is 2. The monoisotopic (exact) mass is 483 g/mol. The first-order valence-corrected chi connectivity index (χ1v) is 12.5. The Morgan fingerprint density at radius 2 is 1.58 bits per heavy atom. The summed E-state index contributed by atoms with van der Waals surface area (Å²) in [6.45, 7) is 3.73. The molecule has 0 amide bonds. The lowest BCUT2D eigenvalue weighted by Crippen LogP contribution is -2.39. The van der Waals surface area contributed by atoms with Crippen LogP contribution in [0.25, 0.3) is 10.9 Å². The maximum atomic E-state index is 5.45. The van der Waals surface area contributed by atoms with Crippen LogP contribution in [0.2, 0.25) is 0 Å². The van der Waals surface area contributed by atoms with Gasteiger partial charge in [0.25, 0.3) is 0 Å². The Bertz CT molecular complexity index is 1290. The first-order valence-electron chi connectivity index (χ1n) is 12.5. The molecular formula is C29H33N5O2. The minimum Gasteiger partial charge on any atom is -0.493 e. The van der Waals surface area contributed by atoms with Crippen molar-refractivity contribution in [1.82, 2.24) is 14.9 Å². The van der Waals surface area contributed by atoms with E-state index in [4.69, 9.17) is 19.4 Å². The van der Waals surface area contributed by atoms with Crippen LogP contribution in [0.15, 0.2) is 72.8 Å². The molecule has 1 aromatic heterocycles. The summed E-state index contributed by atoms with van der Waals surface area (Å²) in [5.41, 5.74) is 3.37. The molecule has 36 heavy (non-hydrogen) atoms. The number of nitrogens with one attached hydrogen (secondary N) is 2. The van der Waals surface area contributed by atoms with Crippen LogP contribution in [-0.4, -0.2) is 48.2 Å². The van der Waals surface area contributed by atoms with E-state index in [0.29, 0.717) is 24.3 Å². The van der Waals surface area contributed by atoms with Crippen LogP contribution in [0.5, 0.6) is 11.5 Å². The SMILES string of the molecule is COc1ccc(CNc2nc(NC3CCN(Cc4ccccc4)CC3)nc3ccccc23)cc1OC. The first kappa shape index (κ1) is 23.9. The number of ether oxygens (including phenoxy) is 2. The van der Waals surface area contributed by atoms with Crippen molar-refractivity contribution < 1.29 is 9.47 Å². The maximum Gasteiger partial charge on any atom is 0.225 e. The molecule has 4 aromatic rings. The van der Waals surface area contributed by atoms with E-state index in [1.54, 1.807) is 14.2 Å². The number of likely N-dealkylation sites (tertiary alicyclic amines) is 1. The third-order valence-electron chi connectivity index (χ3n) is 6.68. The minimum absolute atomic E-state index is 0.358. The van der Waals surface area contributed by atoms with Gasteiger partial charge in [-0.2, -0.15) is 4.98 Å². The van der Waals surface area contributed by atoms with Crippen molar-refractivity contribution in [2.75, 3.05) is 37.9 Å². The van der Waals surface area contributed by atoms with Gasteiger partial charge in [-0.3, -0.25) is 4.90 Å². The van der Waals surface area contributed by atoms with E-state index in [1.165, 1.54) is 5.56 Å². The Labute approximate surface area is 212 Å². The summed E-state index contributed by atoms with van der Waals surface area (Å²) in [6.07, 6.45) is 2.13. The predicted octanol–water partition coefficient (Wildman–Crippen LogP) is 5.34. The number of hydrogen-bond donors (Lipinski definition) is 2. The lowest BCUT2D eigenvalue weighted by molar-refractivity contribution is 0.211. The molecule has 2 heterocycles. The summed E-state index contributed by atoms with van der Waals surface area (Å²) in [7, 11) is 3.29. The summed E-state index contributed by atoms with van der Waals surface area (Å²) in [6, 6.07) is 25.1. The molecule has 0 saturated carbocycles. The van der Waals surface area contributed by atoms with E-state index >= 15 is 0 Å². The topological polar surface area (TPSA) is 71.5 Å². The number of para-hydroxylation sites is 1. The third kappa shape index (κ3) is 5.69. The normalized spacial score (nSPS) is 14.5. The second-order valence-electron chi connectivity index (χ2n) is 9.14. The Morgan fingerprint density at radius 3 is 2.36 bits per heavy atom. The molecule has 5 rings (SSSR count). The van der Waals surface area contributed by atoms with Gasteiger partial charge in [0.1, 0.15) is 5.82 Å². The zero-order valence-corrected chi connectivity index (χ0v) is 20.9. The van der Waals surface area contributed by atoms with Gasteiger partial charge in [-0.1, -0.05) is 48.5 Å². The van der Waals surface area contributed by atoms with Crippen LogP contribution in [0.4, 0.5) is 11.8 Å². The first-order chi connectivity index (χ1) is 17.7. The van der Waals surface area contributed by atoms with Gasteiger partial charge in [-0.25, -0.2) is 4.98 Å². The Morgan fingerprint density at radius 1 is 0.833 bits per heavy atom. The number of nitrogens with zero attached hydrogens (tertiary/aromatic N) is 3. The van der Waals surface area contributed by atoms with Crippen LogP contribution in [0.3, 0.4) is 0 Å². The number of benzene rings is 3. The minimum atomic E-state index is 0.358. The molecule has 0 unspecified atom stereocenters. The molecule has 0 aliphatic carbocycles. The van der Waals surface area contributed by atoms with Crippen molar-refractivity contribution in [2.45, 2.75) is 32.0 Å². The van der Waals surface area contributed by atoms with Crippen LogP contribution in [-0.2, 0) is 13.1 Å². The summed E-state index contributed by atoms with van der Waals surface area (Å²) in [5.74, 6) is 2.92. The summed E-state index contributed by atoms with van der Waals surface area (Å²) in [4.78, 5) is 12.2. The van der Waals surface area contributed by atoms with Crippen molar-refractivity contribution in [2.24, 2.45) is 0 Å². The van der Waals surface area contributed by atoms with Crippen LogP contribution < -0.4 is 20.1 Å². The standard InChI is InChI=1S/C29H33N5O2/c1-35-26-13-12-22(18-27(26)36-2)19-30-28-24-10-6-7-11-25(24)32-29(33-28)31-23-14-16-34(17-15-23)20-21-8-4-3-5-9-21/h3-13,18,23H,14-17,19-20H2,1-2H3,(H2,30,31,32,33). The fraction of sp³-hybridized carbons (Fsp3) is 0.310. The largest absolute Gasteiger partial charge is 0.493 e. The van der Waals surface area contributed by atoms with E-state index in [9.17, 15) is 0 Å². The number of hydrogen-bond acceptors (Lipinski definition) is 7. The second-order valence-corrected chi connectivity index (χ2v) is 9.14. The quantitative estimate of drug-likeness (QED) is 0.333. The average molecular weight is 484 g/mol. The number of rotatable bonds is 9. The van der Waals surface area contributed by atoms with E-state index in [-0.39, 0.29) is 0 Å². The van der Waals surface area contributed by atoms with Gasteiger partial charge < -0.3 is 20.1 Å². The Hall–Kier alpha value is -3.84. The number of methoxy groups -OCH3 is 2. The number of piperidine rings is 1. The maximum absolute atomic E-state index is 5.45. The van der Waals surface area contributed by atoms with Gasteiger partial charge in [-0.15, -0.1) is 0 Å². The van der Waals surface area contributed by atoms with Crippen LogP contribution in [0, 0.1) is 0 Å². The van der Waals surface area contributed by atoms with Crippen molar-refractivity contribution in [3.63, 3.8) is 0 Å². The molecule has 1 saturated heterocycles. The third-order valence-corrected chi connectivity index (χ3v) is 6.68. The molecule has 7 heteroatoms. The fourth-order valence-electron chi connectivity index (χ4n) is 4.71. The molecule has 0 atom stereocenters. The second kappa shape index (κ2) is 11.3. The molecule has 0 spiro atoms. The Kier molecular flexibility index (Phi) is 7.47. The van der Waals surface area contributed by atoms with Gasteiger partial charge >= 0.3 is 0 Å². The van der Waals surface area contributed by atoms with Gasteiger partial charge in [-0.05, 0) is 48.2 Å². The molecule has 3 aromatic carbocycles. The summed E-state index contributed by atoms with van der Waals surface area (Å²) < 4.78 is 10.8. The van der Waals surface area contributed by atoms with Crippen molar-refractivity contribution >= 4 is 22.7 Å². The highest BCUT2D eigenvalue weighted by molar-refractivity contribution is 5.90. The lowest BCUT2D eigenvalue weighted by atomic mass is 10.0. The van der Waals surface area contributed by atoms with Gasteiger partial charge in [0.2, 0.25) is 5.95 Å². The highest BCUT2D eigenvalue weighted by Crippen LogP contribution is 2.29. The van der Waals surface area contributed by atoms with Crippen molar-refractivity contribution in [3.8, 4) is 11.5 Å². The van der Waals surface area contributed by atoms with E-state index in [2.05, 4.69) is 51.9 Å². The molecule has 2 N–H and O–H groups in total.